The summed E-state index contributed by atoms with van der Waals surface area (Å²) in [4.78, 5) is 29.1. The first kappa shape index (κ1) is 14.6. The fourth-order valence-corrected chi connectivity index (χ4v) is 2.84. The second-order valence-corrected chi connectivity index (χ2v) is 5.50. The smallest absolute Gasteiger partial charge is 0.326 e. The number of fused-ring (bicyclic) bond motifs is 1. The van der Waals surface area contributed by atoms with E-state index in [1.165, 1.54) is 4.57 Å². The molecule has 10 heteroatoms. The number of aromatic nitrogens is 6. The van der Waals surface area contributed by atoms with E-state index in [2.05, 4.69) is 25.6 Å². The molecule has 1 saturated heterocycles. The van der Waals surface area contributed by atoms with E-state index >= 15 is 0 Å². The number of benzene rings is 1. The molecule has 0 bridgehead atoms. The first-order valence-electron chi connectivity index (χ1n) is 7.52. The van der Waals surface area contributed by atoms with Crippen LogP contribution in [0.1, 0.15) is 11.9 Å². The van der Waals surface area contributed by atoms with Crippen molar-refractivity contribution in [1.29, 1.82) is 0 Å². The molecule has 0 spiro atoms. The Balaban J connectivity index is 1.53. The summed E-state index contributed by atoms with van der Waals surface area (Å²) in [6.07, 6.45) is -0.416. The number of nitrogens with one attached hydrogen (secondary N) is 2. The summed E-state index contributed by atoms with van der Waals surface area (Å²) >= 11 is 0. The molecule has 3 aromatic rings. The van der Waals surface area contributed by atoms with Gasteiger partial charge < -0.3 is 14.6 Å². The number of aromatic amines is 2. The number of rotatable bonds is 3. The summed E-state index contributed by atoms with van der Waals surface area (Å²) in [5.74, 6) is 0.260. The first-order valence-corrected chi connectivity index (χ1v) is 7.52. The van der Waals surface area contributed by atoms with Crippen LogP contribution in [0.4, 0.5) is 0 Å². The van der Waals surface area contributed by atoms with Gasteiger partial charge in [0.2, 0.25) is 11.7 Å². The second kappa shape index (κ2) is 5.89. The van der Waals surface area contributed by atoms with Gasteiger partial charge in [0.05, 0.1) is 24.2 Å². The molecule has 0 aliphatic carbocycles. The number of amides is 1. The number of hydrogen-bond acceptors (Lipinski definition) is 6. The van der Waals surface area contributed by atoms with Crippen LogP contribution in [0.25, 0.3) is 11.0 Å². The van der Waals surface area contributed by atoms with Crippen LogP contribution in [0.2, 0.25) is 0 Å². The van der Waals surface area contributed by atoms with E-state index in [1.54, 1.807) is 11.0 Å². The molecule has 1 unspecified atom stereocenters. The number of carbonyl (C=O) groups is 1. The van der Waals surface area contributed by atoms with Crippen LogP contribution in [0.3, 0.4) is 0 Å². The molecule has 3 heterocycles. The zero-order chi connectivity index (χ0) is 16.5. The maximum absolute atomic E-state index is 12.6. The Bertz CT molecular complexity index is 914. The number of carbonyl (C=O) groups excluding carboxylic acids is 1. The second-order valence-electron chi connectivity index (χ2n) is 5.50. The predicted octanol–water partition coefficient (Wildman–Crippen LogP) is -0.557. The molecule has 1 aliphatic rings. The lowest BCUT2D eigenvalue weighted by molar-refractivity contribution is -0.139. The minimum absolute atomic E-state index is 0.0260. The maximum atomic E-state index is 12.6. The molecule has 0 radical (unpaired) electrons. The van der Waals surface area contributed by atoms with Gasteiger partial charge in [-0.2, -0.15) is 5.21 Å². The highest BCUT2D eigenvalue weighted by atomic mass is 16.5. The van der Waals surface area contributed by atoms with Crippen LogP contribution in [-0.4, -0.2) is 60.7 Å². The average molecular weight is 329 g/mol. The lowest BCUT2D eigenvalue weighted by Gasteiger charge is -2.31. The number of H-pyrrole nitrogens is 2. The molecular weight excluding hydrogens is 314 g/mol. The summed E-state index contributed by atoms with van der Waals surface area (Å²) in [5.41, 5.74) is 1.12. The third kappa shape index (κ3) is 2.56. The van der Waals surface area contributed by atoms with Crippen molar-refractivity contribution in [2.24, 2.45) is 0 Å². The quantitative estimate of drug-likeness (QED) is 0.664. The number of morpholine rings is 1. The Morgan fingerprint density at radius 2 is 2.25 bits per heavy atom. The number of hydrogen-bond donors (Lipinski definition) is 2. The van der Waals surface area contributed by atoms with Gasteiger partial charge in [0.1, 0.15) is 12.6 Å². The molecule has 2 aromatic heterocycles. The highest BCUT2D eigenvalue weighted by molar-refractivity contribution is 5.80. The van der Waals surface area contributed by atoms with Gasteiger partial charge >= 0.3 is 5.69 Å². The van der Waals surface area contributed by atoms with Gasteiger partial charge in [0.15, 0.2) is 0 Å². The number of para-hydroxylation sites is 2. The average Bonchev–Trinajstić information content (AvgIpc) is 3.24. The highest BCUT2D eigenvalue weighted by Gasteiger charge is 2.28. The Morgan fingerprint density at radius 1 is 1.38 bits per heavy atom. The van der Waals surface area contributed by atoms with Crippen molar-refractivity contribution in [2.75, 3.05) is 19.7 Å². The van der Waals surface area contributed by atoms with Gasteiger partial charge in [-0.1, -0.05) is 17.3 Å². The molecule has 1 amide bonds. The normalized spacial score (nSPS) is 18.2. The molecule has 1 aromatic carbocycles. The van der Waals surface area contributed by atoms with Crippen LogP contribution in [-0.2, 0) is 16.1 Å². The molecular formula is C14H15N7O3. The van der Waals surface area contributed by atoms with Crippen LogP contribution in [0.5, 0.6) is 0 Å². The van der Waals surface area contributed by atoms with Gasteiger partial charge in [-0.15, -0.1) is 10.2 Å². The van der Waals surface area contributed by atoms with Crippen molar-refractivity contribution in [3.05, 3.63) is 40.6 Å². The van der Waals surface area contributed by atoms with E-state index in [0.717, 1.165) is 0 Å². The maximum Gasteiger partial charge on any atom is 0.326 e. The van der Waals surface area contributed by atoms with Crippen molar-refractivity contribution in [3.63, 3.8) is 0 Å². The zero-order valence-electron chi connectivity index (χ0n) is 12.7. The largest absolute Gasteiger partial charge is 0.366 e. The highest BCUT2D eigenvalue weighted by Crippen LogP contribution is 2.18. The molecule has 4 rings (SSSR count). The Hall–Kier alpha value is -3.01. The summed E-state index contributed by atoms with van der Waals surface area (Å²) in [5, 5.41) is 13.7. The Morgan fingerprint density at radius 3 is 3.08 bits per heavy atom. The summed E-state index contributed by atoms with van der Waals surface area (Å²) in [6, 6.07) is 7.28. The Kier molecular flexibility index (Phi) is 3.58. The third-order valence-electron chi connectivity index (χ3n) is 4.04. The molecule has 1 fully saturated rings. The minimum Gasteiger partial charge on any atom is -0.366 e. The van der Waals surface area contributed by atoms with Crippen molar-refractivity contribution >= 4 is 16.9 Å². The van der Waals surface area contributed by atoms with Crippen molar-refractivity contribution in [2.45, 2.75) is 12.6 Å². The summed E-state index contributed by atoms with van der Waals surface area (Å²) in [6.45, 7) is 1.15. The van der Waals surface area contributed by atoms with Gasteiger partial charge in [0.25, 0.3) is 0 Å². The van der Waals surface area contributed by atoms with E-state index in [-0.39, 0.29) is 18.1 Å². The van der Waals surface area contributed by atoms with Crippen molar-refractivity contribution in [1.82, 2.24) is 35.1 Å². The van der Waals surface area contributed by atoms with Crippen LogP contribution < -0.4 is 5.69 Å². The standard InChI is InChI=1S/C14H15N7O3/c22-12(8-21-10-4-2-1-3-9(10)15-14(21)23)20-5-6-24-11(7-20)13-16-18-19-17-13/h1-4,11H,5-8H2,(H,15,23)(H,16,17,18,19). The lowest BCUT2D eigenvalue weighted by atomic mass is 10.2. The number of nitrogens with zero attached hydrogens (tertiary/aromatic N) is 5. The monoisotopic (exact) mass is 329 g/mol. The van der Waals surface area contributed by atoms with Crippen LogP contribution >= 0.6 is 0 Å². The number of ether oxygens (including phenoxy) is 1. The van der Waals surface area contributed by atoms with Gasteiger partial charge in [-0.25, -0.2) is 4.79 Å². The van der Waals surface area contributed by atoms with E-state index in [9.17, 15) is 9.59 Å². The van der Waals surface area contributed by atoms with E-state index in [4.69, 9.17) is 4.74 Å². The zero-order valence-corrected chi connectivity index (χ0v) is 12.7. The van der Waals surface area contributed by atoms with Crippen LogP contribution in [0, 0.1) is 0 Å². The number of tetrazole rings is 1. The third-order valence-corrected chi connectivity index (χ3v) is 4.04. The first-order chi connectivity index (χ1) is 11.7. The fourth-order valence-electron chi connectivity index (χ4n) is 2.84. The van der Waals surface area contributed by atoms with Gasteiger partial charge in [-0.05, 0) is 12.1 Å². The Labute approximate surface area is 135 Å². The van der Waals surface area contributed by atoms with Gasteiger partial charge in [-0.3, -0.25) is 9.36 Å². The molecule has 0 saturated carbocycles. The lowest BCUT2D eigenvalue weighted by Crippen LogP contribution is -2.44. The summed E-state index contributed by atoms with van der Waals surface area (Å²) in [7, 11) is 0. The van der Waals surface area contributed by atoms with E-state index in [0.29, 0.717) is 36.6 Å². The molecule has 2 N–H and O–H groups in total. The molecule has 124 valence electrons. The SMILES string of the molecule is O=C(Cn1c(=O)[nH]c2ccccc21)N1CCOC(c2nn[nH]n2)C1. The summed E-state index contributed by atoms with van der Waals surface area (Å²) < 4.78 is 7.02. The molecule has 10 nitrogen and oxygen atoms in total. The van der Waals surface area contributed by atoms with Gasteiger partial charge in [0, 0.05) is 6.54 Å². The van der Waals surface area contributed by atoms with Crippen molar-refractivity contribution < 1.29 is 9.53 Å². The molecule has 1 aliphatic heterocycles. The predicted molar refractivity (Wildman–Crippen MR) is 82.0 cm³/mol. The molecule has 24 heavy (non-hydrogen) atoms. The molecule has 1 atom stereocenters. The fraction of sp³-hybridized carbons (Fsp3) is 0.357. The topological polar surface area (TPSA) is 122 Å². The van der Waals surface area contributed by atoms with E-state index < -0.39 is 6.10 Å². The van der Waals surface area contributed by atoms with E-state index in [1.807, 2.05) is 18.2 Å². The minimum atomic E-state index is -0.416. The number of imidazole rings is 1. The van der Waals surface area contributed by atoms with Crippen LogP contribution in [0.15, 0.2) is 29.1 Å². The van der Waals surface area contributed by atoms with Crippen molar-refractivity contribution in [3.8, 4) is 0 Å².